The second-order valence-corrected chi connectivity index (χ2v) is 5.39. The van der Waals surface area contributed by atoms with Crippen molar-refractivity contribution in [1.82, 2.24) is 10.2 Å². The Morgan fingerprint density at radius 3 is 2.95 bits per heavy atom. The van der Waals surface area contributed by atoms with Gasteiger partial charge in [-0.1, -0.05) is 12.1 Å². The van der Waals surface area contributed by atoms with Crippen LogP contribution in [0.25, 0.3) is 0 Å². The predicted molar refractivity (Wildman–Crippen MR) is 78.7 cm³/mol. The van der Waals surface area contributed by atoms with Gasteiger partial charge in [0.1, 0.15) is 0 Å². The molecule has 5 heteroatoms. The fraction of sp³-hybridized carbons (Fsp3) is 0.467. The van der Waals surface area contributed by atoms with E-state index in [4.69, 9.17) is 11.6 Å². The lowest BCUT2D eigenvalue weighted by Gasteiger charge is -2.33. The number of carbonyl (C=O) groups excluding carboxylic acids is 2. The minimum atomic E-state index is -0.0477. The number of alkyl halides is 1. The van der Waals surface area contributed by atoms with Gasteiger partial charge in [-0.2, -0.15) is 0 Å². The Morgan fingerprint density at radius 2 is 2.25 bits per heavy atom. The largest absolute Gasteiger partial charge is 0.352 e. The van der Waals surface area contributed by atoms with E-state index in [1.165, 1.54) is 6.92 Å². The van der Waals surface area contributed by atoms with Gasteiger partial charge in [0.05, 0.1) is 0 Å². The Labute approximate surface area is 124 Å². The summed E-state index contributed by atoms with van der Waals surface area (Å²) in [7, 11) is 0. The zero-order valence-electron chi connectivity index (χ0n) is 11.6. The van der Waals surface area contributed by atoms with Crippen molar-refractivity contribution in [2.75, 3.05) is 13.1 Å². The van der Waals surface area contributed by atoms with Crippen molar-refractivity contribution in [2.24, 2.45) is 0 Å². The summed E-state index contributed by atoms with van der Waals surface area (Å²) in [6, 6.07) is 7.44. The first kappa shape index (κ1) is 14.9. The fourth-order valence-electron chi connectivity index (χ4n) is 2.54. The van der Waals surface area contributed by atoms with Crippen molar-refractivity contribution >= 4 is 23.4 Å². The van der Waals surface area contributed by atoms with E-state index in [2.05, 4.69) is 5.32 Å². The number of amides is 2. The maximum absolute atomic E-state index is 12.5. The van der Waals surface area contributed by atoms with E-state index in [-0.39, 0.29) is 17.9 Å². The molecule has 0 bridgehead atoms. The Balaban J connectivity index is 2.06. The third kappa shape index (κ3) is 3.73. The molecule has 1 unspecified atom stereocenters. The van der Waals surface area contributed by atoms with Gasteiger partial charge in [-0.25, -0.2) is 0 Å². The zero-order valence-corrected chi connectivity index (χ0v) is 12.3. The molecule has 4 nitrogen and oxygen atoms in total. The number of hydrogen-bond acceptors (Lipinski definition) is 2. The first-order chi connectivity index (χ1) is 9.60. The van der Waals surface area contributed by atoms with Crippen LogP contribution < -0.4 is 5.32 Å². The van der Waals surface area contributed by atoms with Crippen molar-refractivity contribution in [1.29, 1.82) is 0 Å². The molecular formula is C15H19ClN2O2. The van der Waals surface area contributed by atoms with Crippen molar-refractivity contribution in [3.8, 4) is 0 Å². The third-order valence-corrected chi connectivity index (χ3v) is 3.75. The SMILES string of the molecule is CC(=O)NC1CCCN(C(=O)c2cccc(CCl)c2)C1. The molecule has 2 amide bonds. The smallest absolute Gasteiger partial charge is 0.253 e. The second kappa shape index (κ2) is 6.75. The molecule has 20 heavy (non-hydrogen) atoms. The van der Waals surface area contributed by atoms with Crippen LogP contribution in [0, 0.1) is 0 Å². The molecule has 0 aliphatic carbocycles. The number of nitrogens with zero attached hydrogens (tertiary/aromatic N) is 1. The molecule has 1 aliphatic heterocycles. The molecule has 1 fully saturated rings. The van der Waals surface area contributed by atoms with Gasteiger partial charge in [0.15, 0.2) is 0 Å². The van der Waals surface area contributed by atoms with Gasteiger partial charge in [-0.3, -0.25) is 9.59 Å². The number of benzene rings is 1. The summed E-state index contributed by atoms with van der Waals surface area (Å²) in [6.45, 7) is 2.81. The molecule has 1 saturated heterocycles. The van der Waals surface area contributed by atoms with Gasteiger partial charge in [-0.05, 0) is 30.5 Å². The van der Waals surface area contributed by atoms with Crippen LogP contribution in [0.3, 0.4) is 0 Å². The van der Waals surface area contributed by atoms with Gasteiger partial charge < -0.3 is 10.2 Å². The molecule has 0 saturated carbocycles. The molecule has 1 aromatic rings. The quantitative estimate of drug-likeness (QED) is 0.869. The predicted octanol–water partition coefficient (Wildman–Crippen LogP) is 2.17. The molecule has 2 rings (SSSR count). The number of likely N-dealkylation sites (tertiary alicyclic amines) is 1. The average molecular weight is 295 g/mol. The number of hydrogen-bond donors (Lipinski definition) is 1. The standard InChI is InChI=1S/C15H19ClN2O2/c1-11(19)17-14-6-3-7-18(10-14)15(20)13-5-2-4-12(8-13)9-16/h2,4-5,8,14H,3,6-7,9-10H2,1H3,(H,17,19). The second-order valence-electron chi connectivity index (χ2n) is 5.12. The summed E-state index contributed by atoms with van der Waals surface area (Å²) in [6.07, 6.45) is 1.83. The van der Waals surface area contributed by atoms with Crippen LogP contribution in [0.4, 0.5) is 0 Å². The summed E-state index contributed by atoms with van der Waals surface area (Å²) in [5.74, 6) is 0.357. The molecule has 0 radical (unpaired) electrons. The van der Waals surface area contributed by atoms with Crippen LogP contribution in [0.1, 0.15) is 35.7 Å². The first-order valence-electron chi connectivity index (χ1n) is 6.81. The lowest BCUT2D eigenvalue weighted by molar-refractivity contribution is -0.120. The lowest BCUT2D eigenvalue weighted by atomic mass is 10.0. The molecule has 1 heterocycles. The van der Waals surface area contributed by atoms with Crippen molar-refractivity contribution in [3.05, 3.63) is 35.4 Å². The molecule has 0 spiro atoms. The number of nitrogens with one attached hydrogen (secondary N) is 1. The number of halogens is 1. The van der Waals surface area contributed by atoms with Gasteiger partial charge >= 0.3 is 0 Å². The summed E-state index contributed by atoms with van der Waals surface area (Å²) < 4.78 is 0. The number of rotatable bonds is 3. The monoisotopic (exact) mass is 294 g/mol. The average Bonchev–Trinajstić information content (AvgIpc) is 2.46. The van der Waals surface area contributed by atoms with Crippen molar-refractivity contribution < 1.29 is 9.59 Å². The maximum atomic E-state index is 12.5. The Bertz CT molecular complexity index is 504. The minimum absolute atomic E-state index is 0.00650. The van der Waals surface area contributed by atoms with E-state index in [1.54, 1.807) is 11.0 Å². The van der Waals surface area contributed by atoms with Crippen LogP contribution in [0.5, 0.6) is 0 Å². The molecule has 1 atom stereocenters. The molecule has 1 aromatic carbocycles. The van der Waals surface area contributed by atoms with E-state index >= 15 is 0 Å². The Hall–Kier alpha value is -1.55. The molecule has 108 valence electrons. The molecule has 1 N–H and O–H groups in total. The molecule has 1 aliphatic rings. The Morgan fingerprint density at radius 1 is 1.45 bits per heavy atom. The van der Waals surface area contributed by atoms with E-state index in [1.807, 2.05) is 18.2 Å². The van der Waals surface area contributed by atoms with Gasteiger partial charge in [0, 0.05) is 37.5 Å². The van der Waals surface area contributed by atoms with E-state index < -0.39 is 0 Å². The highest BCUT2D eigenvalue weighted by Gasteiger charge is 2.24. The minimum Gasteiger partial charge on any atom is -0.352 e. The fourth-order valence-corrected chi connectivity index (χ4v) is 2.70. The van der Waals surface area contributed by atoms with Gasteiger partial charge in [0.25, 0.3) is 5.91 Å². The summed E-state index contributed by atoms with van der Waals surface area (Å²) in [5, 5.41) is 2.89. The van der Waals surface area contributed by atoms with Crippen molar-refractivity contribution in [3.63, 3.8) is 0 Å². The van der Waals surface area contributed by atoms with Gasteiger partial charge in [-0.15, -0.1) is 11.6 Å². The van der Waals surface area contributed by atoms with Crippen LogP contribution in [0.2, 0.25) is 0 Å². The Kier molecular flexibility index (Phi) is 5.01. The van der Waals surface area contributed by atoms with Crippen LogP contribution in [-0.2, 0) is 10.7 Å². The van der Waals surface area contributed by atoms with Crippen LogP contribution in [0.15, 0.2) is 24.3 Å². The highest BCUT2D eigenvalue weighted by molar-refractivity contribution is 6.17. The summed E-state index contributed by atoms with van der Waals surface area (Å²) in [5.41, 5.74) is 1.60. The summed E-state index contributed by atoms with van der Waals surface area (Å²) in [4.78, 5) is 25.4. The third-order valence-electron chi connectivity index (χ3n) is 3.44. The number of piperidine rings is 1. The van der Waals surface area contributed by atoms with E-state index in [0.29, 0.717) is 18.0 Å². The normalized spacial score (nSPS) is 18.7. The van der Waals surface area contributed by atoms with E-state index in [0.717, 1.165) is 24.9 Å². The highest BCUT2D eigenvalue weighted by Crippen LogP contribution is 2.15. The maximum Gasteiger partial charge on any atom is 0.253 e. The molecular weight excluding hydrogens is 276 g/mol. The first-order valence-corrected chi connectivity index (χ1v) is 7.35. The van der Waals surface area contributed by atoms with Crippen LogP contribution >= 0.6 is 11.6 Å². The van der Waals surface area contributed by atoms with E-state index in [9.17, 15) is 9.59 Å². The summed E-state index contributed by atoms with van der Waals surface area (Å²) >= 11 is 5.80. The highest BCUT2D eigenvalue weighted by atomic mass is 35.5. The molecule has 0 aromatic heterocycles. The van der Waals surface area contributed by atoms with Crippen molar-refractivity contribution in [2.45, 2.75) is 31.7 Å². The topological polar surface area (TPSA) is 49.4 Å². The zero-order chi connectivity index (χ0) is 14.5. The number of carbonyl (C=O) groups is 2. The van der Waals surface area contributed by atoms with Gasteiger partial charge in [0.2, 0.25) is 5.91 Å². The lowest BCUT2D eigenvalue weighted by Crippen LogP contribution is -2.49. The van der Waals surface area contributed by atoms with Crippen LogP contribution in [-0.4, -0.2) is 35.8 Å².